The van der Waals surface area contributed by atoms with Gasteiger partial charge in [0.1, 0.15) is 6.61 Å². The third-order valence-corrected chi connectivity index (χ3v) is 15.8. The molecule has 0 spiro atoms. The zero-order chi connectivity index (χ0) is 37.1. The quantitative estimate of drug-likeness (QED) is 0.112. The second-order valence-corrected chi connectivity index (χ2v) is 19.4. The number of unbranched alkanes of at least 4 members (excludes halogenated alkanes) is 3. The molecule has 4 saturated carbocycles. The Labute approximate surface area is 310 Å². The predicted octanol–water partition coefficient (Wildman–Crippen LogP) is 7.62. The fourth-order valence-electron chi connectivity index (χ4n) is 12.4. The molecule has 2 amide bonds. The first-order valence-corrected chi connectivity index (χ1v) is 20.7. The van der Waals surface area contributed by atoms with E-state index in [0.29, 0.717) is 56.6 Å². The van der Waals surface area contributed by atoms with Crippen molar-refractivity contribution in [1.82, 2.24) is 10.6 Å². The van der Waals surface area contributed by atoms with Crippen LogP contribution in [-0.4, -0.2) is 76.3 Å². The van der Waals surface area contributed by atoms with Crippen LogP contribution in [0.5, 0.6) is 0 Å². The van der Waals surface area contributed by atoms with Gasteiger partial charge >= 0.3 is 0 Å². The first-order valence-electron chi connectivity index (χ1n) is 20.7. The summed E-state index contributed by atoms with van der Waals surface area (Å²) in [7, 11) is 1.64. The maximum atomic E-state index is 14.4. The molecule has 0 aliphatic heterocycles. The van der Waals surface area contributed by atoms with Crippen LogP contribution in [0.1, 0.15) is 138 Å². The highest BCUT2D eigenvalue weighted by Gasteiger charge is 2.69. The highest BCUT2D eigenvalue weighted by Crippen LogP contribution is 2.75. The van der Waals surface area contributed by atoms with Crippen molar-refractivity contribution in [2.75, 3.05) is 53.2 Å². The average Bonchev–Trinajstić information content (AvgIpc) is 3.07. The number of amides is 2. The molecule has 0 heterocycles. The zero-order valence-electron chi connectivity index (χ0n) is 33.7. The van der Waals surface area contributed by atoms with Crippen molar-refractivity contribution in [2.45, 2.75) is 144 Å². The highest BCUT2D eigenvalue weighted by atomic mass is 16.5. The first-order chi connectivity index (χ1) is 24.1. The number of aliphatic hydroxyl groups excluding tert-OH is 1. The van der Waals surface area contributed by atoms with Crippen molar-refractivity contribution in [3.8, 4) is 0 Å². The van der Waals surface area contributed by atoms with Gasteiger partial charge in [0.05, 0.1) is 37.9 Å². The maximum absolute atomic E-state index is 14.4. The molecule has 0 radical (unpaired) electrons. The molecule has 0 saturated heterocycles. The average molecular weight is 715 g/mol. The van der Waals surface area contributed by atoms with E-state index in [1.807, 2.05) is 0 Å². The van der Waals surface area contributed by atoms with Crippen molar-refractivity contribution in [2.24, 2.45) is 50.2 Å². The number of nitrogens with one attached hydrogen (secondary N) is 2. The molecule has 8 heteroatoms. The Morgan fingerprint density at radius 2 is 1.45 bits per heavy atom. The van der Waals surface area contributed by atoms with E-state index in [4.69, 9.17) is 14.2 Å². The van der Waals surface area contributed by atoms with Crippen LogP contribution in [0.25, 0.3) is 0 Å². The van der Waals surface area contributed by atoms with E-state index >= 15 is 0 Å². The molecule has 292 valence electrons. The monoisotopic (exact) mass is 715 g/mol. The Kier molecular flexibility index (Phi) is 12.8. The third-order valence-electron chi connectivity index (χ3n) is 15.8. The van der Waals surface area contributed by atoms with Gasteiger partial charge in [-0.15, -0.1) is 0 Å². The summed E-state index contributed by atoms with van der Waals surface area (Å²) >= 11 is 0. The summed E-state index contributed by atoms with van der Waals surface area (Å²) in [6.45, 7) is 20.7. The standard InChI is InChI=1S/C43H74N2O6/c1-38(2)19-21-43(37(48)45-24-12-10-9-11-23-44-36(47)30-51-28-27-50-26-25-49-8)22-20-41(6)31(32(43)29-38)13-14-34-40(5)17-16-35(46)39(3,4)33(40)15-18-42(34,41)7/h13,32-35,46H,9-12,14-30H2,1-8H3,(H,44,47)(H,45,48)/t32-,33-,34+,35-,40-,41+,42+,43-/m0/s1. The van der Waals surface area contributed by atoms with E-state index in [0.717, 1.165) is 83.6 Å². The van der Waals surface area contributed by atoms with Crippen molar-refractivity contribution in [3.05, 3.63) is 11.6 Å². The minimum Gasteiger partial charge on any atom is -0.393 e. The van der Waals surface area contributed by atoms with Crippen molar-refractivity contribution < 1.29 is 28.9 Å². The molecule has 0 aromatic heterocycles. The van der Waals surface area contributed by atoms with Crippen molar-refractivity contribution in [3.63, 3.8) is 0 Å². The van der Waals surface area contributed by atoms with Crippen LogP contribution >= 0.6 is 0 Å². The summed E-state index contributed by atoms with van der Waals surface area (Å²) in [5.41, 5.74) is 2.05. The molecule has 5 rings (SSSR count). The second kappa shape index (κ2) is 16.1. The number of carbonyl (C=O) groups excluding carboxylic acids is 2. The van der Waals surface area contributed by atoms with Crippen LogP contribution in [0.2, 0.25) is 0 Å². The lowest BCUT2D eigenvalue weighted by molar-refractivity contribution is -0.203. The van der Waals surface area contributed by atoms with Crippen LogP contribution in [0, 0.1) is 50.2 Å². The molecular weight excluding hydrogens is 640 g/mol. The summed E-state index contributed by atoms with van der Waals surface area (Å²) in [6, 6.07) is 0. The molecule has 0 unspecified atom stereocenters. The molecule has 3 N–H and O–H groups in total. The molecule has 8 nitrogen and oxygen atoms in total. The van der Waals surface area contributed by atoms with Gasteiger partial charge in [0.2, 0.25) is 11.8 Å². The smallest absolute Gasteiger partial charge is 0.245 e. The Hall–Kier alpha value is -1.48. The number of hydrogen-bond acceptors (Lipinski definition) is 6. The molecule has 51 heavy (non-hydrogen) atoms. The molecule has 0 aromatic carbocycles. The van der Waals surface area contributed by atoms with E-state index in [-0.39, 0.29) is 51.1 Å². The van der Waals surface area contributed by atoms with E-state index in [1.165, 1.54) is 12.8 Å². The van der Waals surface area contributed by atoms with E-state index in [1.54, 1.807) is 12.7 Å². The van der Waals surface area contributed by atoms with Gasteiger partial charge in [-0.3, -0.25) is 9.59 Å². The van der Waals surface area contributed by atoms with E-state index < -0.39 is 0 Å². The molecule has 0 aromatic rings. The minimum atomic E-state index is -0.301. The van der Waals surface area contributed by atoms with Crippen LogP contribution in [-0.2, 0) is 23.8 Å². The number of fused-ring (bicyclic) bond motifs is 7. The lowest BCUT2D eigenvalue weighted by atomic mass is 9.33. The Morgan fingerprint density at radius 3 is 2.18 bits per heavy atom. The Bertz CT molecular complexity index is 1250. The number of ether oxygens (including phenoxy) is 3. The molecule has 0 bridgehead atoms. The third kappa shape index (κ3) is 7.87. The number of rotatable bonds is 16. The summed E-state index contributed by atoms with van der Waals surface area (Å²) in [5, 5.41) is 17.5. The van der Waals surface area contributed by atoms with Crippen LogP contribution in [0.15, 0.2) is 11.6 Å². The molecule has 5 aliphatic carbocycles. The van der Waals surface area contributed by atoms with E-state index in [2.05, 4.69) is 65.2 Å². The maximum Gasteiger partial charge on any atom is 0.245 e. The Morgan fingerprint density at radius 1 is 0.784 bits per heavy atom. The topological polar surface area (TPSA) is 106 Å². The first kappa shape index (κ1) is 40.7. The number of aliphatic hydroxyl groups is 1. The van der Waals surface area contributed by atoms with Gasteiger partial charge in [-0.1, -0.05) is 73.0 Å². The number of carbonyl (C=O) groups is 2. The fraction of sp³-hybridized carbons (Fsp3) is 0.907. The largest absolute Gasteiger partial charge is 0.393 e. The van der Waals surface area contributed by atoms with Crippen LogP contribution in [0.4, 0.5) is 0 Å². The number of methoxy groups -OCH3 is 1. The molecule has 8 atom stereocenters. The summed E-state index contributed by atoms with van der Waals surface area (Å²) in [4.78, 5) is 26.4. The predicted molar refractivity (Wildman–Crippen MR) is 203 cm³/mol. The fourth-order valence-corrected chi connectivity index (χ4v) is 12.4. The van der Waals surface area contributed by atoms with Crippen molar-refractivity contribution in [1.29, 1.82) is 0 Å². The lowest BCUT2D eigenvalue weighted by Gasteiger charge is -2.71. The Balaban J connectivity index is 1.14. The summed E-state index contributed by atoms with van der Waals surface area (Å²) in [6.07, 6.45) is 17.3. The van der Waals surface area contributed by atoms with Gasteiger partial charge in [0.15, 0.2) is 0 Å². The second-order valence-electron chi connectivity index (χ2n) is 19.4. The minimum absolute atomic E-state index is 0.0435. The highest BCUT2D eigenvalue weighted by molar-refractivity contribution is 5.84. The van der Waals surface area contributed by atoms with Gasteiger partial charge in [-0.25, -0.2) is 0 Å². The van der Waals surface area contributed by atoms with Crippen LogP contribution < -0.4 is 10.6 Å². The lowest BCUT2D eigenvalue weighted by Crippen LogP contribution is -2.65. The zero-order valence-corrected chi connectivity index (χ0v) is 33.7. The van der Waals surface area contributed by atoms with Gasteiger partial charge in [0, 0.05) is 20.2 Å². The molecule has 4 fully saturated rings. The number of allylic oxidation sites excluding steroid dienone is 2. The van der Waals surface area contributed by atoms with E-state index in [9.17, 15) is 14.7 Å². The molecule has 5 aliphatic rings. The molecular formula is C43H74N2O6. The van der Waals surface area contributed by atoms with Gasteiger partial charge in [0.25, 0.3) is 0 Å². The normalized spacial score (nSPS) is 37.9. The SMILES string of the molecule is COCCOCCOCC(=O)NCCCCCCNC(=O)[C@]12CCC(C)(C)C[C@H]1C1=CC[C@@H]3[C@@]4(C)CC[C@H](O)C(C)(C)[C@@H]4CC[C@@]3(C)[C@]1(C)CC2. The van der Waals surface area contributed by atoms with Gasteiger partial charge < -0.3 is 30.0 Å². The van der Waals surface area contributed by atoms with Gasteiger partial charge in [-0.2, -0.15) is 0 Å². The van der Waals surface area contributed by atoms with Crippen molar-refractivity contribution >= 4 is 11.8 Å². The number of hydrogen-bond donors (Lipinski definition) is 3. The summed E-state index contributed by atoms with van der Waals surface area (Å²) in [5.74, 6) is 1.68. The van der Waals surface area contributed by atoms with Crippen LogP contribution in [0.3, 0.4) is 0 Å². The summed E-state index contributed by atoms with van der Waals surface area (Å²) < 4.78 is 15.6. The van der Waals surface area contributed by atoms with Gasteiger partial charge in [-0.05, 0) is 122 Å².